The number of hydrogen-bond donors (Lipinski definition) is 3. The van der Waals surface area contributed by atoms with Crippen LogP contribution in [0, 0.1) is 0 Å². The second kappa shape index (κ2) is 11.1. The molecule has 1 saturated carbocycles. The molecule has 2 unspecified atom stereocenters. The largest absolute Gasteiger partial charge is 0.490 e. The first-order valence-corrected chi connectivity index (χ1v) is 13.2. The number of ether oxygens (including phenoxy) is 1. The summed E-state index contributed by atoms with van der Waals surface area (Å²) < 4.78 is 5.98. The minimum absolute atomic E-state index is 0.0146. The SMILES string of the molecule is CN(C(=O)C1CCC(=O)N1)C1CCN(c2ccc(NC(=O)Nc3ccc(OC4CCCC4)cc3)cc2)C1. The number of benzene rings is 2. The van der Waals surface area contributed by atoms with Crippen molar-refractivity contribution in [2.45, 2.75) is 63.1 Å². The molecule has 2 heterocycles. The van der Waals surface area contributed by atoms with Gasteiger partial charge in [-0.1, -0.05) is 0 Å². The number of carbonyl (C=O) groups is 3. The maximum atomic E-state index is 12.7. The minimum Gasteiger partial charge on any atom is -0.490 e. The Balaban J connectivity index is 1.09. The second-order valence-electron chi connectivity index (χ2n) is 10.2. The van der Waals surface area contributed by atoms with Crippen LogP contribution in [0.3, 0.4) is 0 Å². The van der Waals surface area contributed by atoms with Crippen LogP contribution in [0.15, 0.2) is 48.5 Å². The molecule has 2 aliphatic heterocycles. The average Bonchev–Trinajstić information content (AvgIpc) is 3.67. The summed E-state index contributed by atoms with van der Waals surface area (Å²) in [6.07, 6.45) is 6.84. The third-order valence-electron chi connectivity index (χ3n) is 7.56. The number of urea groups is 1. The van der Waals surface area contributed by atoms with Gasteiger partial charge >= 0.3 is 6.03 Å². The Morgan fingerprint density at radius 1 is 0.946 bits per heavy atom. The molecule has 37 heavy (non-hydrogen) atoms. The summed E-state index contributed by atoms with van der Waals surface area (Å²) in [4.78, 5) is 40.7. The topological polar surface area (TPSA) is 103 Å². The highest BCUT2D eigenvalue weighted by molar-refractivity contribution is 5.99. The average molecular weight is 506 g/mol. The highest BCUT2D eigenvalue weighted by Gasteiger charge is 2.34. The Labute approximate surface area is 217 Å². The van der Waals surface area contributed by atoms with Crippen LogP contribution in [0.25, 0.3) is 0 Å². The van der Waals surface area contributed by atoms with Crippen molar-refractivity contribution in [1.29, 1.82) is 0 Å². The van der Waals surface area contributed by atoms with E-state index in [-0.39, 0.29) is 23.9 Å². The van der Waals surface area contributed by atoms with Gasteiger partial charge in [0.05, 0.1) is 12.1 Å². The first-order chi connectivity index (χ1) is 17.9. The number of rotatable bonds is 7. The first-order valence-electron chi connectivity index (χ1n) is 13.2. The number of anilines is 3. The maximum Gasteiger partial charge on any atom is 0.323 e. The molecule has 2 atom stereocenters. The molecule has 2 aromatic rings. The summed E-state index contributed by atoms with van der Waals surface area (Å²) in [7, 11) is 1.82. The summed E-state index contributed by atoms with van der Waals surface area (Å²) in [6, 6.07) is 14.6. The van der Waals surface area contributed by atoms with Gasteiger partial charge < -0.3 is 30.5 Å². The van der Waals surface area contributed by atoms with Gasteiger partial charge in [0.2, 0.25) is 11.8 Å². The zero-order valence-electron chi connectivity index (χ0n) is 21.2. The van der Waals surface area contributed by atoms with E-state index in [4.69, 9.17) is 4.74 Å². The predicted octanol–water partition coefficient (Wildman–Crippen LogP) is 3.97. The fourth-order valence-electron chi connectivity index (χ4n) is 5.38. The Hall–Kier alpha value is -3.75. The molecular weight excluding hydrogens is 470 g/mol. The summed E-state index contributed by atoms with van der Waals surface area (Å²) >= 11 is 0. The number of likely N-dealkylation sites (N-methyl/N-ethyl adjacent to an activating group) is 1. The summed E-state index contributed by atoms with van der Waals surface area (Å²) in [6.45, 7) is 1.57. The third kappa shape index (κ3) is 6.15. The predicted molar refractivity (Wildman–Crippen MR) is 143 cm³/mol. The molecule has 0 radical (unpaired) electrons. The van der Waals surface area contributed by atoms with E-state index in [0.29, 0.717) is 30.3 Å². The van der Waals surface area contributed by atoms with Crippen molar-refractivity contribution in [2.24, 2.45) is 0 Å². The van der Waals surface area contributed by atoms with Gasteiger partial charge in [-0.05, 0) is 87.1 Å². The van der Waals surface area contributed by atoms with Crippen LogP contribution in [-0.4, -0.2) is 61.1 Å². The molecule has 4 amide bonds. The van der Waals surface area contributed by atoms with Crippen molar-refractivity contribution >= 4 is 34.9 Å². The van der Waals surface area contributed by atoms with Gasteiger partial charge in [0, 0.05) is 43.6 Å². The quantitative estimate of drug-likeness (QED) is 0.529. The molecule has 0 aromatic heterocycles. The van der Waals surface area contributed by atoms with Crippen molar-refractivity contribution in [3.05, 3.63) is 48.5 Å². The van der Waals surface area contributed by atoms with Gasteiger partial charge in [0.1, 0.15) is 11.8 Å². The highest BCUT2D eigenvalue weighted by Crippen LogP contribution is 2.26. The van der Waals surface area contributed by atoms with Crippen LogP contribution in [0.1, 0.15) is 44.9 Å². The van der Waals surface area contributed by atoms with Gasteiger partial charge in [-0.15, -0.1) is 0 Å². The maximum absolute atomic E-state index is 12.7. The normalized spacial score (nSPS) is 21.5. The fourth-order valence-corrected chi connectivity index (χ4v) is 5.38. The molecule has 5 rings (SSSR count). The zero-order chi connectivity index (χ0) is 25.8. The Morgan fingerprint density at radius 3 is 2.22 bits per heavy atom. The Morgan fingerprint density at radius 2 is 1.59 bits per heavy atom. The van der Waals surface area contributed by atoms with E-state index >= 15 is 0 Å². The van der Waals surface area contributed by atoms with Crippen molar-refractivity contribution < 1.29 is 19.1 Å². The molecule has 9 heteroatoms. The zero-order valence-corrected chi connectivity index (χ0v) is 21.2. The molecule has 0 bridgehead atoms. The number of nitrogens with one attached hydrogen (secondary N) is 3. The van der Waals surface area contributed by atoms with Gasteiger partial charge in [-0.25, -0.2) is 4.79 Å². The van der Waals surface area contributed by atoms with Crippen LogP contribution >= 0.6 is 0 Å². The van der Waals surface area contributed by atoms with Crippen molar-refractivity contribution in [2.75, 3.05) is 35.7 Å². The monoisotopic (exact) mass is 505 g/mol. The van der Waals surface area contributed by atoms with Gasteiger partial charge in [-0.3, -0.25) is 9.59 Å². The van der Waals surface area contributed by atoms with Crippen molar-refractivity contribution in [3.63, 3.8) is 0 Å². The standard InChI is InChI=1S/C28H35N5O4/c1-32(27(35)25-14-15-26(34)31-25)22-16-17-33(18-22)21-10-6-19(7-11-21)29-28(36)30-20-8-12-24(13-9-20)37-23-4-2-3-5-23/h6-13,22-23,25H,2-5,14-18H2,1H3,(H,31,34)(H2,29,30,36). The first kappa shape index (κ1) is 24.9. The molecule has 3 aliphatic rings. The molecule has 9 nitrogen and oxygen atoms in total. The molecule has 3 N–H and O–H groups in total. The number of carbonyl (C=O) groups excluding carboxylic acids is 3. The summed E-state index contributed by atoms with van der Waals surface area (Å²) in [5, 5.41) is 8.49. The number of amides is 4. The van der Waals surface area contributed by atoms with E-state index in [1.54, 1.807) is 4.90 Å². The van der Waals surface area contributed by atoms with E-state index in [1.807, 2.05) is 55.6 Å². The summed E-state index contributed by atoms with van der Waals surface area (Å²) in [5.74, 6) is 0.766. The lowest BCUT2D eigenvalue weighted by molar-refractivity contribution is -0.134. The molecule has 1 aliphatic carbocycles. The van der Waals surface area contributed by atoms with Gasteiger partial charge in [-0.2, -0.15) is 0 Å². The van der Waals surface area contributed by atoms with Gasteiger partial charge in [0.15, 0.2) is 0 Å². The van der Waals surface area contributed by atoms with Crippen molar-refractivity contribution in [1.82, 2.24) is 10.2 Å². The lowest BCUT2D eigenvalue weighted by Crippen LogP contribution is -2.47. The van der Waals surface area contributed by atoms with Crippen LogP contribution in [0.4, 0.5) is 21.9 Å². The molecule has 2 aromatic carbocycles. The fraction of sp³-hybridized carbons (Fsp3) is 0.464. The van der Waals surface area contributed by atoms with E-state index in [0.717, 1.165) is 43.8 Å². The van der Waals surface area contributed by atoms with E-state index in [2.05, 4.69) is 20.9 Å². The lowest BCUT2D eigenvalue weighted by Gasteiger charge is -2.27. The second-order valence-corrected chi connectivity index (χ2v) is 10.2. The van der Waals surface area contributed by atoms with Crippen LogP contribution in [0.5, 0.6) is 5.75 Å². The smallest absolute Gasteiger partial charge is 0.323 e. The third-order valence-corrected chi connectivity index (χ3v) is 7.56. The molecule has 2 saturated heterocycles. The van der Waals surface area contributed by atoms with Crippen LogP contribution in [0.2, 0.25) is 0 Å². The van der Waals surface area contributed by atoms with Gasteiger partial charge in [0.25, 0.3) is 0 Å². The number of hydrogen-bond acceptors (Lipinski definition) is 5. The molecule has 0 spiro atoms. The molecule has 3 fully saturated rings. The van der Waals surface area contributed by atoms with Crippen molar-refractivity contribution in [3.8, 4) is 5.75 Å². The summed E-state index contributed by atoms with van der Waals surface area (Å²) in [5.41, 5.74) is 2.44. The lowest BCUT2D eigenvalue weighted by atomic mass is 10.1. The van der Waals surface area contributed by atoms with E-state index < -0.39 is 6.04 Å². The molecular formula is C28H35N5O4. The highest BCUT2D eigenvalue weighted by atomic mass is 16.5. The Kier molecular flexibility index (Phi) is 7.48. The Bertz CT molecular complexity index is 1110. The van der Waals surface area contributed by atoms with E-state index in [1.165, 1.54) is 12.8 Å². The van der Waals surface area contributed by atoms with Crippen LogP contribution in [-0.2, 0) is 9.59 Å². The molecule has 196 valence electrons. The number of nitrogens with zero attached hydrogens (tertiary/aromatic N) is 2. The minimum atomic E-state index is -0.397. The van der Waals surface area contributed by atoms with Crippen LogP contribution < -0.4 is 25.6 Å². The van der Waals surface area contributed by atoms with E-state index in [9.17, 15) is 14.4 Å².